The van der Waals surface area contributed by atoms with Gasteiger partial charge in [-0.3, -0.25) is 14.4 Å². The van der Waals surface area contributed by atoms with E-state index in [-0.39, 0.29) is 38.0 Å². The van der Waals surface area contributed by atoms with Crippen molar-refractivity contribution in [3.05, 3.63) is 29.3 Å². The van der Waals surface area contributed by atoms with Crippen molar-refractivity contribution in [2.45, 2.75) is 20.3 Å². The van der Waals surface area contributed by atoms with Crippen molar-refractivity contribution in [2.24, 2.45) is 0 Å². The summed E-state index contributed by atoms with van der Waals surface area (Å²) >= 11 is 5.76. The van der Waals surface area contributed by atoms with Crippen molar-refractivity contribution < 1.29 is 23.9 Å². The van der Waals surface area contributed by atoms with Crippen LogP contribution in [0.2, 0.25) is 5.02 Å². The van der Waals surface area contributed by atoms with Crippen molar-refractivity contribution in [1.29, 1.82) is 0 Å². The van der Waals surface area contributed by atoms with Crippen molar-refractivity contribution >= 4 is 29.4 Å². The minimum Gasteiger partial charge on any atom is -0.484 e. The third-order valence-corrected chi connectivity index (χ3v) is 3.50. The number of amides is 2. The highest BCUT2D eigenvalue weighted by Crippen LogP contribution is 2.15. The summed E-state index contributed by atoms with van der Waals surface area (Å²) in [5, 5.41) is 3.07. The number of benzene rings is 1. The fraction of sp³-hybridized carbons (Fsp3) is 0.471. The number of hydrogen-bond acceptors (Lipinski definition) is 5. The molecule has 1 aromatic rings. The van der Waals surface area contributed by atoms with Crippen LogP contribution in [0.25, 0.3) is 0 Å². The van der Waals surface area contributed by atoms with Crippen molar-refractivity contribution in [1.82, 2.24) is 10.2 Å². The van der Waals surface area contributed by atoms with Crippen LogP contribution in [-0.2, 0) is 19.1 Å². The van der Waals surface area contributed by atoms with Gasteiger partial charge in [0.1, 0.15) is 5.75 Å². The fourth-order valence-corrected chi connectivity index (χ4v) is 2.06. The van der Waals surface area contributed by atoms with E-state index in [0.29, 0.717) is 23.9 Å². The Bertz CT molecular complexity index is 577. The van der Waals surface area contributed by atoms with Crippen LogP contribution in [0.3, 0.4) is 0 Å². The van der Waals surface area contributed by atoms with Gasteiger partial charge in [-0.15, -0.1) is 0 Å². The van der Waals surface area contributed by atoms with E-state index in [0.717, 1.165) is 0 Å². The maximum atomic E-state index is 12.1. The Morgan fingerprint density at radius 3 is 2.44 bits per heavy atom. The van der Waals surface area contributed by atoms with E-state index >= 15 is 0 Å². The zero-order valence-corrected chi connectivity index (χ0v) is 15.2. The van der Waals surface area contributed by atoms with Gasteiger partial charge >= 0.3 is 5.97 Å². The van der Waals surface area contributed by atoms with E-state index in [4.69, 9.17) is 21.1 Å². The minimum atomic E-state index is -0.412. The van der Waals surface area contributed by atoms with Crippen LogP contribution < -0.4 is 10.1 Å². The van der Waals surface area contributed by atoms with Gasteiger partial charge in [-0.2, -0.15) is 0 Å². The molecule has 0 radical (unpaired) electrons. The molecule has 0 aliphatic heterocycles. The van der Waals surface area contributed by atoms with Gasteiger partial charge in [0.2, 0.25) is 5.91 Å². The number of nitrogens with zero attached hydrogens (tertiary/aromatic N) is 1. The zero-order chi connectivity index (χ0) is 18.7. The number of halogens is 1. The Labute approximate surface area is 152 Å². The van der Waals surface area contributed by atoms with Gasteiger partial charge in [0.15, 0.2) is 6.61 Å². The predicted molar refractivity (Wildman–Crippen MR) is 93.5 cm³/mol. The van der Waals surface area contributed by atoms with Crippen LogP contribution in [0.1, 0.15) is 20.3 Å². The average molecular weight is 371 g/mol. The van der Waals surface area contributed by atoms with E-state index < -0.39 is 5.91 Å². The first-order valence-corrected chi connectivity index (χ1v) is 8.42. The Balaban J connectivity index is 2.31. The van der Waals surface area contributed by atoms with Gasteiger partial charge in [0, 0.05) is 18.1 Å². The second-order valence-electron chi connectivity index (χ2n) is 5.05. The van der Waals surface area contributed by atoms with Crippen LogP contribution in [-0.4, -0.2) is 55.5 Å². The van der Waals surface area contributed by atoms with Crippen LogP contribution >= 0.6 is 11.6 Å². The quantitative estimate of drug-likeness (QED) is 0.633. The average Bonchev–Trinajstić information content (AvgIpc) is 2.60. The number of hydrogen-bond donors (Lipinski definition) is 1. The Morgan fingerprint density at radius 2 is 1.84 bits per heavy atom. The van der Waals surface area contributed by atoms with Gasteiger partial charge in [-0.1, -0.05) is 11.6 Å². The number of carbonyl (C=O) groups is 3. The molecular formula is C17H23ClN2O5. The highest BCUT2D eigenvalue weighted by molar-refractivity contribution is 6.30. The van der Waals surface area contributed by atoms with Gasteiger partial charge < -0.3 is 19.7 Å². The minimum absolute atomic E-state index is 0.126. The van der Waals surface area contributed by atoms with E-state index in [1.165, 1.54) is 4.90 Å². The first-order chi connectivity index (χ1) is 12.0. The SMILES string of the molecule is CCOC(=O)CCN(CC)C(=O)CNC(=O)COc1ccc(Cl)cc1. The molecule has 7 nitrogen and oxygen atoms in total. The smallest absolute Gasteiger partial charge is 0.307 e. The summed E-state index contributed by atoms with van der Waals surface area (Å²) in [7, 11) is 0. The molecule has 0 bridgehead atoms. The normalized spacial score (nSPS) is 10.0. The number of carbonyl (C=O) groups excluding carboxylic acids is 3. The molecule has 138 valence electrons. The second kappa shape index (κ2) is 11.3. The summed E-state index contributed by atoms with van der Waals surface area (Å²) in [4.78, 5) is 36.6. The number of rotatable bonds is 10. The standard InChI is InChI=1S/C17H23ClN2O5/c1-3-20(10-9-17(23)24-4-2)16(22)11-19-15(21)12-25-14-7-5-13(18)6-8-14/h5-8H,3-4,9-12H2,1-2H3,(H,19,21). The third-order valence-electron chi connectivity index (χ3n) is 3.25. The first kappa shape index (κ1) is 20.8. The van der Waals surface area contributed by atoms with E-state index in [2.05, 4.69) is 5.32 Å². The maximum absolute atomic E-state index is 12.1. The van der Waals surface area contributed by atoms with Crippen molar-refractivity contribution in [2.75, 3.05) is 32.8 Å². The summed E-state index contributed by atoms with van der Waals surface area (Å²) < 4.78 is 10.1. The lowest BCUT2D eigenvalue weighted by Gasteiger charge is -2.20. The maximum Gasteiger partial charge on any atom is 0.307 e. The molecule has 8 heteroatoms. The zero-order valence-electron chi connectivity index (χ0n) is 14.4. The molecule has 0 fully saturated rings. The second-order valence-corrected chi connectivity index (χ2v) is 5.48. The highest BCUT2D eigenvalue weighted by Gasteiger charge is 2.15. The Kier molecular flexibility index (Phi) is 9.39. The summed E-state index contributed by atoms with van der Waals surface area (Å²) in [5.74, 6) is -0.527. The van der Waals surface area contributed by atoms with Crippen LogP contribution in [0.15, 0.2) is 24.3 Å². The molecule has 1 aromatic carbocycles. The van der Waals surface area contributed by atoms with E-state index in [9.17, 15) is 14.4 Å². The van der Waals surface area contributed by atoms with Crippen molar-refractivity contribution in [3.63, 3.8) is 0 Å². The molecule has 0 heterocycles. The van der Waals surface area contributed by atoms with Crippen LogP contribution in [0.4, 0.5) is 0 Å². The molecule has 2 amide bonds. The molecule has 1 rings (SSSR count). The summed E-state index contributed by atoms with van der Waals surface area (Å²) in [6.45, 7) is 4.17. The van der Waals surface area contributed by atoms with Gasteiger partial charge in [0.05, 0.1) is 19.6 Å². The molecule has 0 spiro atoms. The molecule has 0 aromatic heterocycles. The van der Waals surface area contributed by atoms with Gasteiger partial charge in [0.25, 0.3) is 5.91 Å². The summed E-state index contributed by atoms with van der Waals surface area (Å²) in [5.41, 5.74) is 0. The van der Waals surface area contributed by atoms with Gasteiger partial charge in [-0.25, -0.2) is 0 Å². The third kappa shape index (κ3) is 8.39. The van der Waals surface area contributed by atoms with E-state index in [1.807, 2.05) is 0 Å². The Morgan fingerprint density at radius 1 is 1.16 bits per heavy atom. The lowest BCUT2D eigenvalue weighted by Crippen LogP contribution is -2.42. The van der Waals surface area contributed by atoms with E-state index in [1.54, 1.807) is 38.1 Å². The molecule has 1 N–H and O–H groups in total. The molecule has 0 unspecified atom stereocenters. The van der Waals surface area contributed by atoms with Gasteiger partial charge in [-0.05, 0) is 38.1 Å². The number of esters is 1. The lowest BCUT2D eigenvalue weighted by molar-refractivity contribution is -0.144. The molecular weight excluding hydrogens is 348 g/mol. The van der Waals surface area contributed by atoms with Crippen LogP contribution in [0, 0.1) is 0 Å². The Hall–Kier alpha value is -2.28. The molecule has 0 aliphatic rings. The topological polar surface area (TPSA) is 84.9 Å². The molecule has 0 saturated carbocycles. The number of nitrogens with one attached hydrogen (secondary N) is 1. The highest BCUT2D eigenvalue weighted by atomic mass is 35.5. The van der Waals surface area contributed by atoms with Crippen LogP contribution in [0.5, 0.6) is 5.75 Å². The molecule has 0 saturated heterocycles. The molecule has 25 heavy (non-hydrogen) atoms. The first-order valence-electron chi connectivity index (χ1n) is 8.04. The largest absolute Gasteiger partial charge is 0.484 e. The van der Waals surface area contributed by atoms with Crippen molar-refractivity contribution in [3.8, 4) is 5.75 Å². The summed E-state index contributed by atoms with van der Waals surface area (Å²) in [6.07, 6.45) is 0.126. The number of ether oxygens (including phenoxy) is 2. The fourth-order valence-electron chi connectivity index (χ4n) is 1.94. The molecule has 0 atom stereocenters. The predicted octanol–water partition coefficient (Wildman–Crippen LogP) is 1.64. The number of likely N-dealkylation sites (N-methyl/N-ethyl adjacent to an activating group) is 1. The lowest BCUT2D eigenvalue weighted by atomic mass is 10.3. The monoisotopic (exact) mass is 370 g/mol. The summed E-state index contributed by atoms with van der Waals surface area (Å²) in [6, 6.07) is 6.60. The molecule has 0 aliphatic carbocycles.